The van der Waals surface area contributed by atoms with Gasteiger partial charge in [0.15, 0.2) is 0 Å². The Hall–Kier alpha value is -5.45. The van der Waals surface area contributed by atoms with Crippen LogP contribution in [0.1, 0.15) is 83.6 Å². The lowest BCUT2D eigenvalue weighted by atomic mass is 9.49. The Balaban J connectivity index is 0.807. The smallest absolute Gasteiger partial charge is 0.262 e. The van der Waals surface area contributed by atoms with Crippen LogP contribution in [0.5, 0.6) is 5.75 Å². The van der Waals surface area contributed by atoms with Gasteiger partial charge in [-0.1, -0.05) is 39.3 Å². The first-order valence-electron chi connectivity index (χ1n) is 20.0. The highest BCUT2D eigenvalue weighted by molar-refractivity contribution is 6.31. The monoisotopic (exact) mass is 805 g/mol. The predicted molar refractivity (Wildman–Crippen MR) is 218 cm³/mol. The number of carbonyl (C=O) groups excluding carboxylic acids is 5. The molecule has 58 heavy (non-hydrogen) atoms. The van der Waals surface area contributed by atoms with Crippen molar-refractivity contribution < 1.29 is 28.7 Å². The molecule has 0 aromatic heterocycles. The van der Waals surface area contributed by atoms with Gasteiger partial charge in [-0.05, 0) is 73.4 Å². The van der Waals surface area contributed by atoms with Crippen molar-refractivity contribution in [2.45, 2.75) is 65.1 Å². The van der Waals surface area contributed by atoms with E-state index >= 15 is 0 Å². The van der Waals surface area contributed by atoms with E-state index in [0.717, 1.165) is 68.5 Å². The molecule has 13 nitrogen and oxygen atoms in total. The molecule has 0 radical (unpaired) electrons. The molecule has 14 heteroatoms. The Bertz CT molecular complexity index is 2210. The first-order valence-corrected chi connectivity index (χ1v) is 20.4. The van der Waals surface area contributed by atoms with Gasteiger partial charge in [0.2, 0.25) is 11.8 Å². The number of amides is 5. The molecule has 5 amide bonds. The Morgan fingerprint density at radius 2 is 1.55 bits per heavy atom. The summed E-state index contributed by atoms with van der Waals surface area (Å²) in [5.74, 6) is -1.06. The molecule has 4 aliphatic heterocycles. The van der Waals surface area contributed by atoms with E-state index in [2.05, 4.69) is 59.1 Å². The fourth-order valence-electron chi connectivity index (χ4n) is 10.1. The van der Waals surface area contributed by atoms with Gasteiger partial charge in [0.05, 0.1) is 21.7 Å². The summed E-state index contributed by atoms with van der Waals surface area (Å²) in [4.78, 5) is 72.2. The number of hydrogen-bond donors (Lipinski definition) is 2. The van der Waals surface area contributed by atoms with E-state index in [1.54, 1.807) is 30.3 Å². The summed E-state index contributed by atoms with van der Waals surface area (Å²) in [6.07, 6.45) is 1.05. The van der Waals surface area contributed by atoms with Crippen LogP contribution in [0.25, 0.3) is 0 Å². The minimum absolute atomic E-state index is 0.0881. The van der Waals surface area contributed by atoms with Crippen LogP contribution in [0.2, 0.25) is 5.02 Å². The molecule has 8 rings (SSSR count). The Labute approximate surface area is 343 Å². The molecule has 302 valence electrons. The number of nitrogens with one attached hydrogen (secondary N) is 2. The van der Waals surface area contributed by atoms with Gasteiger partial charge in [0, 0.05) is 92.1 Å². The van der Waals surface area contributed by atoms with Crippen LogP contribution in [0.4, 0.5) is 11.4 Å². The van der Waals surface area contributed by atoms with Gasteiger partial charge in [-0.3, -0.25) is 39.1 Å². The number of halogens is 1. The van der Waals surface area contributed by atoms with Gasteiger partial charge in [-0.2, -0.15) is 5.26 Å². The van der Waals surface area contributed by atoms with Gasteiger partial charge in [-0.25, -0.2) is 0 Å². The fraction of sp³-hybridized carbons (Fsp3) is 0.455. The van der Waals surface area contributed by atoms with Gasteiger partial charge in [0.25, 0.3) is 17.7 Å². The van der Waals surface area contributed by atoms with Crippen LogP contribution < -0.4 is 25.2 Å². The van der Waals surface area contributed by atoms with E-state index in [0.29, 0.717) is 38.9 Å². The van der Waals surface area contributed by atoms with E-state index in [4.69, 9.17) is 16.3 Å². The largest absolute Gasteiger partial charge is 0.489 e. The number of piperidine rings is 1. The first kappa shape index (κ1) is 39.4. The molecule has 2 atom stereocenters. The van der Waals surface area contributed by atoms with Gasteiger partial charge in [-0.15, -0.1) is 0 Å². The van der Waals surface area contributed by atoms with Crippen LogP contribution >= 0.6 is 11.6 Å². The maximum Gasteiger partial charge on any atom is 0.262 e. The molecular weight excluding hydrogens is 758 g/mol. The second-order valence-corrected chi connectivity index (χ2v) is 17.8. The number of ether oxygens (including phenoxy) is 1. The number of hydrogen-bond acceptors (Lipinski definition) is 10. The zero-order valence-corrected chi connectivity index (χ0v) is 34.0. The van der Waals surface area contributed by atoms with Crippen molar-refractivity contribution in [1.82, 2.24) is 20.4 Å². The SMILES string of the molecule is CC1(C)C(NC(=O)c2ccc(N3CCN(C[C@H]4CCN(c5ccc6c(c5)C(=O)N([C@@H]5CCC(=O)NC5=O)C6=O)C4)CC3)cc2)C(C)(C)C1Oc1ccc(C#N)c(Cl)c1. The molecule has 1 aliphatic carbocycles. The highest BCUT2D eigenvalue weighted by atomic mass is 35.5. The number of benzene rings is 3. The zero-order valence-electron chi connectivity index (χ0n) is 33.2. The third-order valence-corrected chi connectivity index (χ3v) is 13.2. The molecule has 4 fully saturated rings. The van der Waals surface area contributed by atoms with Crippen molar-refractivity contribution in [3.8, 4) is 11.8 Å². The average molecular weight is 806 g/mol. The Morgan fingerprint density at radius 1 is 0.862 bits per heavy atom. The lowest BCUT2D eigenvalue weighted by Gasteiger charge is -2.63. The van der Waals surface area contributed by atoms with E-state index in [-0.39, 0.29) is 41.7 Å². The second kappa shape index (κ2) is 15.1. The van der Waals surface area contributed by atoms with Crippen molar-refractivity contribution in [2.24, 2.45) is 16.7 Å². The van der Waals surface area contributed by atoms with Crippen molar-refractivity contribution in [1.29, 1.82) is 5.26 Å². The molecule has 1 saturated carbocycles. The van der Waals surface area contributed by atoms with Crippen LogP contribution in [-0.4, -0.2) is 103 Å². The van der Waals surface area contributed by atoms with E-state index in [1.165, 1.54) is 0 Å². The lowest BCUT2D eigenvalue weighted by molar-refractivity contribution is -0.164. The second-order valence-electron chi connectivity index (χ2n) is 17.4. The number of carbonyl (C=O) groups is 5. The lowest BCUT2D eigenvalue weighted by Crippen LogP contribution is -2.74. The van der Waals surface area contributed by atoms with Crippen molar-refractivity contribution in [3.63, 3.8) is 0 Å². The summed E-state index contributed by atoms with van der Waals surface area (Å²) >= 11 is 6.25. The molecular formula is C44H48ClN7O6. The third-order valence-electron chi connectivity index (χ3n) is 12.9. The molecule has 0 bridgehead atoms. The average Bonchev–Trinajstić information content (AvgIpc) is 3.77. The van der Waals surface area contributed by atoms with Crippen LogP contribution in [0.3, 0.4) is 0 Å². The number of nitrogens with zero attached hydrogens (tertiary/aromatic N) is 5. The maximum absolute atomic E-state index is 13.5. The topological polar surface area (TPSA) is 155 Å². The molecule has 3 saturated heterocycles. The molecule has 5 aliphatic rings. The minimum Gasteiger partial charge on any atom is -0.489 e. The molecule has 0 unspecified atom stereocenters. The highest BCUT2D eigenvalue weighted by Gasteiger charge is 2.64. The quantitative estimate of drug-likeness (QED) is 0.286. The number of imide groups is 2. The van der Waals surface area contributed by atoms with Gasteiger partial charge >= 0.3 is 0 Å². The Morgan fingerprint density at radius 3 is 2.22 bits per heavy atom. The summed E-state index contributed by atoms with van der Waals surface area (Å²) in [7, 11) is 0. The standard InChI is InChI=1S/C44H48ClN7O6/c1-43(2)41(44(3,4)42(43)58-31-11-7-28(23-46)34(45)22-31)48-37(54)27-5-8-29(9-6-27)50-19-17-49(18-20-50)24-26-15-16-51(25-26)30-10-12-32-33(21-30)40(57)52(39(32)56)35-13-14-36(53)47-38(35)55/h5-12,21-22,26,35,41-42H,13-20,24-25H2,1-4H3,(H,48,54)(H,47,53,55)/t26-,35-,41?,42?/m1/s1. The number of fused-ring (bicyclic) bond motifs is 1. The van der Waals surface area contributed by atoms with Crippen molar-refractivity contribution in [2.75, 3.05) is 55.6 Å². The summed E-state index contributed by atoms with van der Waals surface area (Å²) in [6.45, 7) is 14.6. The predicted octanol–water partition coefficient (Wildman–Crippen LogP) is 4.87. The Kier molecular flexibility index (Phi) is 10.2. The minimum atomic E-state index is -0.978. The summed E-state index contributed by atoms with van der Waals surface area (Å²) in [6, 6.07) is 19.2. The molecule has 2 N–H and O–H groups in total. The van der Waals surface area contributed by atoms with Crippen LogP contribution in [-0.2, 0) is 9.59 Å². The molecule has 4 heterocycles. The number of rotatable bonds is 9. The molecule has 0 spiro atoms. The summed E-state index contributed by atoms with van der Waals surface area (Å²) in [5, 5.41) is 15.1. The van der Waals surface area contributed by atoms with Gasteiger partial charge < -0.3 is 19.9 Å². The summed E-state index contributed by atoms with van der Waals surface area (Å²) < 4.78 is 6.38. The molecule has 3 aromatic rings. The van der Waals surface area contributed by atoms with E-state index in [9.17, 15) is 29.2 Å². The van der Waals surface area contributed by atoms with Crippen LogP contribution in [0, 0.1) is 28.1 Å². The van der Waals surface area contributed by atoms with E-state index in [1.807, 2.05) is 30.3 Å². The number of piperazine rings is 1. The third kappa shape index (κ3) is 7.06. The van der Waals surface area contributed by atoms with Crippen molar-refractivity contribution >= 4 is 52.5 Å². The normalized spacial score (nSPS) is 25.2. The maximum atomic E-state index is 13.5. The number of anilines is 2. The fourth-order valence-corrected chi connectivity index (χ4v) is 10.3. The first-order chi connectivity index (χ1) is 27.6. The highest BCUT2D eigenvalue weighted by Crippen LogP contribution is 2.55. The number of nitriles is 1. The van der Waals surface area contributed by atoms with Crippen LogP contribution in [0.15, 0.2) is 60.7 Å². The van der Waals surface area contributed by atoms with Crippen molar-refractivity contribution in [3.05, 3.63) is 87.9 Å². The zero-order chi connectivity index (χ0) is 41.1. The van der Waals surface area contributed by atoms with Gasteiger partial charge in [0.1, 0.15) is 24.0 Å². The summed E-state index contributed by atoms with van der Waals surface area (Å²) in [5.41, 5.74) is 2.86. The molecule has 3 aromatic carbocycles. The van der Waals surface area contributed by atoms with E-state index < -0.39 is 29.7 Å².